The molecule has 3 fully saturated rings. The van der Waals surface area contributed by atoms with Crippen molar-refractivity contribution in [2.24, 2.45) is 11.3 Å². The first-order chi connectivity index (χ1) is 30.1. The average molecular weight is 846 g/mol. The van der Waals surface area contributed by atoms with Gasteiger partial charge >= 0.3 is 0 Å². The van der Waals surface area contributed by atoms with E-state index in [1.54, 1.807) is 10.7 Å². The number of pyridine rings is 1. The molecule has 11 nitrogen and oxygen atoms in total. The lowest BCUT2D eigenvalue weighted by Gasteiger charge is -2.44. The Balaban J connectivity index is 0.887. The first-order valence-corrected chi connectivity index (χ1v) is 24.6. The maximum Gasteiger partial charge on any atom is 0.261 e. The van der Waals surface area contributed by atoms with Crippen molar-refractivity contribution in [3.63, 3.8) is 0 Å². The Morgan fingerprint density at radius 1 is 0.871 bits per heavy atom. The van der Waals surface area contributed by atoms with Crippen molar-refractivity contribution >= 4 is 35.9 Å². The van der Waals surface area contributed by atoms with Gasteiger partial charge in [-0.15, -0.1) is 0 Å². The smallest absolute Gasteiger partial charge is 0.261 e. The molecule has 1 aliphatic heterocycles. The zero-order chi connectivity index (χ0) is 42.9. The van der Waals surface area contributed by atoms with Gasteiger partial charge in [-0.1, -0.05) is 88.4 Å². The maximum absolute atomic E-state index is 13.3. The molecule has 0 bridgehead atoms. The SMILES string of the molecule is CCC1(C(=O)NC2CCC2)CCN(c2ccc(-c3nc(-c4cnn(C5CCC(CO[Si](c6ccccc6)(c6ccccc6)C(C)(C)C)CC5)c4)cn4ncc(C#N)c34)cn2)CC1. The van der Waals surface area contributed by atoms with E-state index in [4.69, 9.17) is 19.5 Å². The Kier molecular flexibility index (Phi) is 11.6. The van der Waals surface area contributed by atoms with Crippen LogP contribution in [0.1, 0.15) is 104 Å². The quantitative estimate of drug-likeness (QED) is 0.122. The number of hydrogen-bond acceptors (Lipinski definition) is 8. The molecule has 2 aliphatic carbocycles. The van der Waals surface area contributed by atoms with Crippen LogP contribution in [-0.2, 0) is 9.22 Å². The fourth-order valence-electron chi connectivity index (χ4n) is 10.2. The fraction of sp³-hybridized carbons (Fsp3) is 0.440. The molecular weight excluding hydrogens is 787 g/mol. The summed E-state index contributed by atoms with van der Waals surface area (Å²) in [5.74, 6) is 1.58. The van der Waals surface area contributed by atoms with E-state index in [0.717, 1.165) is 100 Å². The molecule has 1 N–H and O–H groups in total. The molecule has 320 valence electrons. The summed E-state index contributed by atoms with van der Waals surface area (Å²) in [6.45, 7) is 11.5. The molecule has 2 saturated carbocycles. The number of amides is 1. The van der Waals surface area contributed by atoms with Crippen LogP contribution < -0.4 is 20.6 Å². The number of carbonyl (C=O) groups is 1. The monoisotopic (exact) mass is 845 g/mol. The lowest BCUT2D eigenvalue weighted by atomic mass is 9.74. The molecule has 5 heterocycles. The Labute approximate surface area is 366 Å². The van der Waals surface area contributed by atoms with Gasteiger partial charge in [-0.25, -0.2) is 14.5 Å². The Morgan fingerprint density at radius 3 is 2.15 bits per heavy atom. The summed E-state index contributed by atoms with van der Waals surface area (Å²) >= 11 is 0. The van der Waals surface area contributed by atoms with E-state index in [1.165, 1.54) is 16.8 Å². The standard InChI is InChI=1S/C50H59N9O2Si/c1-5-50(48(60)55-40-13-12-14-40)25-27-57(28-26-50)45-24-21-37(30-52-45)46-47-38(29-51)31-54-59(47)34-44(56-46)39-32-53-58(33-39)41-22-19-36(20-23-41)35-61-62(49(2,3)4,42-15-8-6-9-16-42)43-17-10-7-11-18-43/h6-11,15-18,21,24,30-34,36,40-41H,5,12-14,19-20,22-23,25-28,35H2,1-4H3,(H,55,60). The van der Waals surface area contributed by atoms with Crippen LogP contribution in [0.2, 0.25) is 5.04 Å². The van der Waals surface area contributed by atoms with E-state index < -0.39 is 8.32 Å². The summed E-state index contributed by atoms with van der Waals surface area (Å²) in [5.41, 5.74) is 3.89. The van der Waals surface area contributed by atoms with Crippen LogP contribution in [0.3, 0.4) is 0 Å². The Morgan fingerprint density at radius 2 is 1.56 bits per heavy atom. The van der Waals surface area contributed by atoms with Gasteiger partial charge in [0, 0.05) is 49.3 Å². The average Bonchev–Trinajstić information content (AvgIpc) is 3.96. The summed E-state index contributed by atoms with van der Waals surface area (Å²) in [6.07, 6.45) is 19.4. The molecule has 0 atom stereocenters. The van der Waals surface area contributed by atoms with Gasteiger partial charge in [-0.3, -0.25) is 9.48 Å². The predicted octanol–water partition coefficient (Wildman–Crippen LogP) is 8.50. The van der Waals surface area contributed by atoms with Crippen LogP contribution in [0.5, 0.6) is 0 Å². The molecule has 62 heavy (non-hydrogen) atoms. The molecule has 6 aromatic rings. The molecule has 3 aliphatic rings. The van der Waals surface area contributed by atoms with Gasteiger partial charge in [0.2, 0.25) is 5.91 Å². The summed E-state index contributed by atoms with van der Waals surface area (Å²) < 4.78 is 11.2. The second-order valence-electron chi connectivity index (χ2n) is 18.9. The van der Waals surface area contributed by atoms with Crippen molar-refractivity contribution in [2.45, 2.75) is 109 Å². The summed E-state index contributed by atoms with van der Waals surface area (Å²) in [7, 11) is -2.59. The summed E-state index contributed by atoms with van der Waals surface area (Å²) in [4.78, 5) is 25.7. The fourth-order valence-corrected chi connectivity index (χ4v) is 14.8. The third kappa shape index (κ3) is 7.86. The first kappa shape index (κ1) is 41.7. The number of benzene rings is 2. The van der Waals surface area contributed by atoms with Gasteiger partial charge in [-0.2, -0.15) is 15.5 Å². The van der Waals surface area contributed by atoms with Crippen LogP contribution in [-0.4, -0.2) is 69.3 Å². The molecule has 1 saturated heterocycles. The second kappa shape index (κ2) is 17.3. The minimum Gasteiger partial charge on any atom is -0.407 e. The Hall–Kier alpha value is -5.64. The maximum atomic E-state index is 13.3. The molecule has 0 spiro atoms. The molecule has 4 aromatic heterocycles. The Bertz CT molecular complexity index is 2480. The number of fused-ring (bicyclic) bond motifs is 1. The van der Waals surface area contributed by atoms with Gasteiger partial charge < -0.3 is 14.6 Å². The largest absolute Gasteiger partial charge is 0.407 e. The van der Waals surface area contributed by atoms with E-state index in [-0.39, 0.29) is 22.4 Å². The van der Waals surface area contributed by atoms with Crippen LogP contribution >= 0.6 is 0 Å². The van der Waals surface area contributed by atoms with Gasteiger partial charge in [0.25, 0.3) is 8.32 Å². The van der Waals surface area contributed by atoms with Crippen molar-refractivity contribution in [1.82, 2.24) is 34.7 Å². The highest BCUT2D eigenvalue weighted by molar-refractivity contribution is 6.99. The number of piperidine rings is 1. The van der Waals surface area contributed by atoms with Crippen LogP contribution in [0.4, 0.5) is 5.82 Å². The normalized spacial score (nSPS) is 19.5. The van der Waals surface area contributed by atoms with Gasteiger partial charge in [0.05, 0.1) is 41.4 Å². The topological polar surface area (TPSA) is 126 Å². The zero-order valence-electron chi connectivity index (χ0n) is 36.6. The number of anilines is 1. The minimum absolute atomic E-state index is 0.0485. The predicted molar refractivity (Wildman–Crippen MR) is 247 cm³/mol. The van der Waals surface area contributed by atoms with E-state index >= 15 is 0 Å². The number of hydrogen-bond donors (Lipinski definition) is 1. The van der Waals surface area contributed by atoms with E-state index in [2.05, 4.69) is 121 Å². The van der Waals surface area contributed by atoms with Crippen molar-refractivity contribution in [3.05, 3.63) is 109 Å². The number of carbonyl (C=O) groups excluding carboxylic acids is 1. The lowest BCUT2D eigenvalue weighted by molar-refractivity contribution is -0.133. The number of nitrogens with one attached hydrogen (secondary N) is 1. The molecule has 1 amide bonds. The van der Waals surface area contributed by atoms with Gasteiger partial charge in [0.1, 0.15) is 23.0 Å². The van der Waals surface area contributed by atoms with Crippen molar-refractivity contribution in [1.29, 1.82) is 5.26 Å². The highest BCUT2D eigenvalue weighted by Gasteiger charge is 2.50. The zero-order valence-corrected chi connectivity index (χ0v) is 37.6. The number of aromatic nitrogens is 6. The number of rotatable bonds is 12. The number of nitriles is 1. The lowest BCUT2D eigenvalue weighted by Crippen LogP contribution is -2.66. The van der Waals surface area contributed by atoms with Crippen molar-refractivity contribution < 1.29 is 9.22 Å². The van der Waals surface area contributed by atoms with Crippen molar-refractivity contribution in [3.8, 4) is 28.6 Å². The molecule has 9 rings (SSSR count). The summed E-state index contributed by atoms with van der Waals surface area (Å²) in [5, 5.41) is 25.4. The van der Waals surface area contributed by atoms with E-state index in [1.807, 2.05) is 30.7 Å². The van der Waals surface area contributed by atoms with E-state index in [9.17, 15) is 10.1 Å². The van der Waals surface area contributed by atoms with Crippen molar-refractivity contribution in [2.75, 3.05) is 24.6 Å². The second-order valence-corrected chi connectivity index (χ2v) is 23.2. The van der Waals surface area contributed by atoms with Gasteiger partial charge in [-0.05, 0) is 97.7 Å². The van der Waals surface area contributed by atoms with E-state index in [0.29, 0.717) is 28.7 Å². The molecule has 12 heteroatoms. The molecule has 0 radical (unpaired) electrons. The molecule has 2 aromatic carbocycles. The first-order valence-electron chi connectivity index (χ1n) is 22.7. The summed E-state index contributed by atoms with van der Waals surface area (Å²) in [6, 6.07) is 28.8. The number of nitrogens with zero attached hydrogens (tertiary/aromatic N) is 8. The highest BCUT2D eigenvalue weighted by Crippen LogP contribution is 2.40. The molecular formula is C50H59N9O2Si. The minimum atomic E-state index is -2.59. The highest BCUT2D eigenvalue weighted by atomic mass is 28.4. The molecule has 0 unspecified atom stereocenters. The third-order valence-corrected chi connectivity index (χ3v) is 19.3. The van der Waals surface area contributed by atoms with Crippen LogP contribution in [0.25, 0.3) is 28.0 Å². The van der Waals surface area contributed by atoms with Crippen LogP contribution in [0.15, 0.2) is 104 Å². The van der Waals surface area contributed by atoms with Crippen LogP contribution in [0, 0.1) is 22.7 Å². The van der Waals surface area contributed by atoms with Gasteiger partial charge in [0.15, 0.2) is 0 Å². The third-order valence-electron chi connectivity index (χ3n) is 14.3.